The maximum Gasteiger partial charge on any atom is 0.360 e. The number of aromatic nitrogens is 3. The van der Waals surface area contributed by atoms with Crippen molar-refractivity contribution in [1.29, 1.82) is 0 Å². The Hall–Kier alpha value is -3.76. The summed E-state index contributed by atoms with van der Waals surface area (Å²) in [4.78, 5) is 27.6. The molecule has 0 radical (unpaired) electrons. The van der Waals surface area contributed by atoms with E-state index in [1.807, 2.05) is 38.1 Å². The van der Waals surface area contributed by atoms with E-state index < -0.39 is 12.0 Å². The number of ether oxygens (including phenoxy) is 3. The molecule has 2 atom stereocenters. The van der Waals surface area contributed by atoms with Crippen molar-refractivity contribution in [3.63, 3.8) is 0 Å². The Labute approximate surface area is 215 Å². The molecule has 1 N–H and O–H groups in total. The average Bonchev–Trinajstić information content (AvgIpc) is 3.64. The highest BCUT2D eigenvalue weighted by Crippen LogP contribution is 2.32. The monoisotopic (exact) mass is 505 g/mol. The van der Waals surface area contributed by atoms with Gasteiger partial charge in [-0.25, -0.2) is 9.48 Å². The van der Waals surface area contributed by atoms with E-state index >= 15 is 0 Å². The molecular weight excluding hydrogens is 474 g/mol. The number of aryl methyl sites for hydroxylation is 2. The third-order valence-corrected chi connectivity index (χ3v) is 7.18. The minimum absolute atomic E-state index is 0.0856. The lowest BCUT2D eigenvalue weighted by molar-refractivity contribution is -0.120. The molecule has 2 aliphatic heterocycles. The first-order valence-electron chi connectivity index (χ1n) is 12.2. The number of carbonyl (C=O) groups is 2. The van der Waals surface area contributed by atoms with Gasteiger partial charge in [0.15, 0.2) is 5.69 Å². The van der Waals surface area contributed by atoms with E-state index in [0.717, 1.165) is 39.3 Å². The molecule has 1 amide bonds. The van der Waals surface area contributed by atoms with E-state index in [0.29, 0.717) is 32.7 Å². The van der Waals surface area contributed by atoms with Gasteiger partial charge in [-0.3, -0.25) is 9.69 Å². The Kier molecular flexibility index (Phi) is 6.94. The number of hydrogen-bond acceptors (Lipinski definition) is 8. The van der Waals surface area contributed by atoms with Crippen LogP contribution in [0.2, 0.25) is 0 Å². The van der Waals surface area contributed by atoms with Crippen molar-refractivity contribution in [1.82, 2.24) is 19.9 Å². The van der Waals surface area contributed by atoms with Crippen LogP contribution in [0.5, 0.6) is 5.75 Å². The van der Waals surface area contributed by atoms with Crippen LogP contribution in [-0.4, -0.2) is 58.6 Å². The lowest BCUT2D eigenvalue weighted by Crippen LogP contribution is -2.39. The van der Waals surface area contributed by atoms with Crippen molar-refractivity contribution < 1.29 is 23.8 Å². The number of anilines is 1. The van der Waals surface area contributed by atoms with Gasteiger partial charge in [0, 0.05) is 18.8 Å². The molecular formula is C27H31N5O5. The summed E-state index contributed by atoms with van der Waals surface area (Å²) in [5.41, 5.74) is 6.41. The molecule has 0 unspecified atom stereocenters. The van der Waals surface area contributed by atoms with Crippen LogP contribution in [0.3, 0.4) is 0 Å². The minimum atomic E-state index is -0.541. The molecule has 1 saturated heterocycles. The Morgan fingerprint density at radius 1 is 1.11 bits per heavy atom. The molecule has 2 aromatic carbocycles. The largest absolute Gasteiger partial charge is 0.496 e. The molecule has 1 aromatic heterocycles. The second kappa shape index (κ2) is 10.3. The number of methoxy groups -OCH3 is 2. The number of esters is 1. The van der Waals surface area contributed by atoms with Gasteiger partial charge in [-0.1, -0.05) is 17.3 Å². The fraction of sp³-hybridized carbons (Fsp3) is 0.407. The number of rotatable bonds is 7. The van der Waals surface area contributed by atoms with E-state index in [1.165, 1.54) is 7.11 Å². The minimum Gasteiger partial charge on any atom is -0.496 e. The summed E-state index contributed by atoms with van der Waals surface area (Å²) in [6.45, 7) is 6.38. The highest BCUT2D eigenvalue weighted by molar-refractivity contribution is 5.95. The second-order valence-electron chi connectivity index (χ2n) is 9.62. The van der Waals surface area contributed by atoms with Gasteiger partial charge in [0.25, 0.3) is 0 Å². The number of nitrogens with one attached hydrogen (secondary N) is 1. The van der Waals surface area contributed by atoms with Crippen LogP contribution in [0.4, 0.5) is 5.69 Å². The number of fused-ring (bicyclic) bond motifs is 1. The number of benzene rings is 2. The summed E-state index contributed by atoms with van der Waals surface area (Å²) in [5.74, 6) is 0.214. The van der Waals surface area contributed by atoms with E-state index in [1.54, 1.807) is 18.0 Å². The van der Waals surface area contributed by atoms with Gasteiger partial charge in [0.05, 0.1) is 45.7 Å². The first-order chi connectivity index (χ1) is 17.9. The molecule has 0 bridgehead atoms. The van der Waals surface area contributed by atoms with Gasteiger partial charge in [0.2, 0.25) is 5.91 Å². The quantitative estimate of drug-likeness (QED) is 0.488. The van der Waals surface area contributed by atoms with Crippen LogP contribution in [-0.2, 0) is 34.0 Å². The van der Waals surface area contributed by atoms with Crippen molar-refractivity contribution in [2.45, 2.75) is 52.1 Å². The molecule has 3 aromatic rings. The topological polar surface area (TPSA) is 108 Å². The number of hydrogen-bond donors (Lipinski definition) is 1. The number of nitrogens with zero attached hydrogens (tertiary/aromatic N) is 4. The molecule has 1 fully saturated rings. The summed E-state index contributed by atoms with van der Waals surface area (Å²) in [7, 11) is 2.97. The molecule has 37 heavy (non-hydrogen) atoms. The van der Waals surface area contributed by atoms with Gasteiger partial charge in [-0.05, 0) is 66.3 Å². The molecule has 10 heteroatoms. The van der Waals surface area contributed by atoms with Crippen molar-refractivity contribution in [3.8, 4) is 5.75 Å². The van der Waals surface area contributed by atoms with Crippen LogP contribution in [0, 0.1) is 13.8 Å². The SMILES string of the molecule is COC(=O)c1cn([C@@H]2C[C@@H](C(=O)Nc3ccc4c(c3)COC4)N(Cc3cc(C)c(OC)cc3C)C2)nn1. The number of carbonyl (C=O) groups excluding carboxylic acids is 2. The first-order valence-corrected chi connectivity index (χ1v) is 12.2. The normalized spacial score (nSPS) is 19.0. The Bertz CT molecular complexity index is 1340. The zero-order valence-corrected chi connectivity index (χ0v) is 21.5. The molecule has 194 valence electrons. The summed E-state index contributed by atoms with van der Waals surface area (Å²) in [6.07, 6.45) is 2.11. The molecule has 0 spiro atoms. The maximum absolute atomic E-state index is 13.6. The average molecular weight is 506 g/mol. The van der Waals surface area contributed by atoms with Crippen LogP contribution < -0.4 is 10.1 Å². The van der Waals surface area contributed by atoms with Gasteiger partial charge in [-0.15, -0.1) is 5.10 Å². The van der Waals surface area contributed by atoms with Crippen molar-refractivity contribution in [2.24, 2.45) is 0 Å². The first kappa shape index (κ1) is 24.9. The zero-order chi connectivity index (χ0) is 26.1. The molecule has 2 aliphatic rings. The van der Waals surface area contributed by atoms with Crippen LogP contribution in [0.15, 0.2) is 36.5 Å². The molecule has 0 aliphatic carbocycles. The summed E-state index contributed by atoms with van der Waals surface area (Å²) < 4.78 is 17.4. The van der Waals surface area contributed by atoms with E-state index in [-0.39, 0.29) is 17.6 Å². The number of amides is 1. The smallest absolute Gasteiger partial charge is 0.360 e. The zero-order valence-electron chi connectivity index (χ0n) is 21.5. The van der Waals surface area contributed by atoms with Crippen LogP contribution in [0.25, 0.3) is 0 Å². The number of likely N-dealkylation sites (tertiary alicyclic amines) is 1. The van der Waals surface area contributed by atoms with E-state index in [2.05, 4.69) is 26.6 Å². The van der Waals surface area contributed by atoms with Crippen molar-refractivity contribution in [2.75, 3.05) is 26.1 Å². The Morgan fingerprint density at radius 3 is 2.70 bits per heavy atom. The van der Waals surface area contributed by atoms with Gasteiger partial charge in [0.1, 0.15) is 5.75 Å². The summed E-state index contributed by atoms with van der Waals surface area (Å²) in [6, 6.07) is 9.51. The summed E-state index contributed by atoms with van der Waals surface area (Å²) >= 11 is 0. The Morgan fingerprint density at radius 2 is 1.92 bits per heavy atom. The highest BCUT2D eigenvalue weighted by atomic mass is 16.5. The Balaban J connectivity index is 1.40. The predicted molar refractivity (Wildman–Crippen MR) is 135 cm³/mol. The van der Waals surface area contributed by atoms with Gasteiger partial charge >= 0.3 is 5.97 Å². The van der Waals surface area contributed by atoms with Crippen LogP contribution >= 0.6 is 0 Å². The molecule has 5 rings (SSSR count). The van der Waals surface area contributed by atoms with Crippen LogP contribution in [0.1, 0.15) is 50.8 Å². The molecule has 10 nitrogen and oxygen atoms in total. The lowest BCUT2D eigenvalue weighted by Gasteiger charge is -2.25. The fourth-order valence-corrected chi connectivity index (χ4v) is 5.11. The fourth-order valence-electron chi connectivity index (χ4n) is 5.11. The molecule has 0 saturated carbocycles. The third kappa shape index (κ3) is 5.07. The van der Waals surface area contributed by atoms with Gasteiger partial charge in [-0.2, -0.15) is 0 Å². The third-order valence-electron chi connectivity index (χ3n) is 7.18. The van der Waals surface area contributed by atoms with Gasteiger partial charge < -0.3 is 19.5 Å². The molecule has 3 heterocycles. The second-order valence-corrected chi connectivity index (χ2v) is 9.62. The van der Waals surface area contributed by atoms with Crippen molar-refractivity contribution in [3.05, 3.63) is 70.0 Å². The van der Waals surface area contributed by atoms with Crippen molar-refractivity contribution >= 4 is 17.6 Å². The highest BCUT2D eigenvalue weighted by Gasteiger charge is 2.38. The lowest BCUT2D eigenvalue weighted by atomic mass is 10.0. The predicted octanol–water partition coefficient (Wildman–Crippen LogP) is 3.17. The van der Waals surface area contributed by atoms with E-state index in [4.69, 9.17) is 14.2 Å². The summed E-state index contributed by atoms with van der Waals surface area (Å²) in [5, 5.41) is 11.2. The standard InChI is InChI=1S/C27H31N5O5/c1-16-8-25(35-3)17(2)7-19(16)11-31-12-22(32-13-23(29-30-32)27(34)36-4)10-24(31)26(33)28-21-6-5-18-14-37-15-20(18)9-21/h5-9,13,22,24H,10-12,14-15H2,1-4H3,(H,28,33)/t22-,24+/m1/s1. The van der Waals surface area contributed by atoms with E-state index in [9.17, 15) is 9.59 Å². The maximum atomic E-state index is 13.6.